The van der Waals surface area contributed by atoms with Gasteiger partial charge in [0.1, 0.15) is 24.1 Å². The van der Waals surface area contributed by atoms with Crippen LogP contribution in [0.5, 0.6) is 11.5 Å². The number of nitrogens with zero attached hydrogens (tertiary/aromatic N) is 3. The van der Waals surface area contributed by atoms with Crippen molar-refractivity contribution in [1.29, 1.82) is 0 Å². The molecule has 0 heterocycles. The summed E-state index contributed by atoms with van der Waals surface area (Å²) < 4.78 is 11.0. The van der Waals surface area contributed by atoms with Gasteiger partial charge in [-0.2, -0.15) is 0 Å². The van der Waals surface area contributed by atoms with Crippen molar-refractivity contribution < 1.29 is 18.6 Å². The van der Waals surface area contributed by atoms with Gasteiger partial charge in [0, 0.05) is 20.9 Å². The summed E-state index contributed by atoms with van der Waals surface area (Å²) in [5.41, 5.74) is 9.63. The fourth-order valence-corrected chi connectivity index (χ4v) is 3.18. The van der Waals surface area contributed by atoms with Crippen molar-refractivity contribution in [1.82, 2.24) is 0 Å². The summed E-state index contributed by atoms with van der Waals surface area (Å²) in [4.78, 5) is 27.4. The maximum absolute atomic E-state index is 10.6. The van der Waals surface area contributed by atoms with Crippen LogP contribution in [0.1, 0.15) is 20.7 Å². The van der Waals surface area contributed by atoms with Crippen LogP contribution in [-0.2, 0) is 11.8 Å². The van der Waals surface area contributed by atoms with Crippen LogP contribution in [0.3, 0.4) is 0 Å². The fourth-order valence-electron chi connectivity index (χ4n) is 1.59. The summed E-state index contributed by atoms with van der Waals surface area (Å²) in [6.45, 7) is -3.35. The van der Waals surface area contributed by atoms with E-state index in [4.69, 9.17) is 26.4 Å². The quantitative estimate of drug-likeness (QED) is 0.244. The maximum Gasteiger partial charge on any atom is 0.379 e. The number of carbonyl (C=O) groups excluding carboxylic acids is 2. The van der Waals surface area contributed by atoms with Crippen LogP contribution < -0.4 is 9.05 Å². The first-order valence-electron chi connectivity index (χ1n) is 6.25. The van der Waals surface area contributed by atoms with Crippen LogP contribution in [0.4, 0.5) is 0 Å². The summed E-state index contributed by atoms with van der Waals surface area (Å²) in [6, 6.07) is 12.3. The minimum atomic E-state index is -3.35. The lowest BCUT2D eigenvalue weighted by atomic mass is 10.2. The Morgan fingerprint density at radius 3 is 1.61 bits per heavy atom. The predicted octanol–water partition coefficient (Wildman–Crippen LogP) is 4.30. The van der Waals surface area contributed by atoms with Gasteiger partial charge in [0.05, 0.1) is 0 Å². The summed E-state index contributed by atoms with van der Waals surface area (Å²) in [7, 11) is 0. The second-order valence-corrected chi connectivity index (χ2v) is 7.07. The Hall–Kier alpha value is -2.66. The van der Waals surface area contributed by atoms with E-state index in [-0.39, 0.29) is 0 Å². The minimum absolute atomic E-state index is 0.316. The van der Waals surface area contributed by atoms with Crippen molar-refractivity contribution in [2.75, 3.05) is 0 Å². The molecule has 2 aromatic carbocycles. The number of rotatable bonds is 7. The Labute approximate surface area is 136 Å². The summed E-state index contributed by atoms with van der Waals surface area (Å²) in [5.74, 6) is 0.631. The molecule has 0 amide bonds. The average Bonchev–Trinajstić information content (AvgIpc) is 2.56. The van der Waals surface area contributed by atoms with Crippen LogP contribution in [0.25, 0.3) is 10.4 Å². The first-order chi connectivity index (χ1) is 11.1. The highest BCUT2D eigenvalue weighted by atomic mass is 32.5. The Bertz CT molecular complexity index is 744. The van der Waals surface area contributed by atoms with Gasteiger partial charge < -0.3 is 9.05 Å². The van der Waals surface area contributed by atoms with Gasteiger partial charge in [-0.05, 0) is 65.9 Å². The van der Waals surface area contributed by atoms with Crippen molar-refractivity contribution in [3.05, 3.63) is 70.1 Å². The topological polar surface area (TPSA) is 101 Å². The predicted molar refractivity (Wildman–Crippen MR) is 88.3 cm³/mol. The zero-order chi connectivity index (χ0) is 16.7. The molecule has 0 aliphatic carbocycles. The van der Waals surface area contributed by atoms with Crippen molar-refractivity contribution in [3.63, 3.8) is 0 Å². The molecule has 0 N–H and O–H groups in total. The van der Waals surface area contributed by atoms with Gasteiger partial charge in [-0.25, -0.2) is 0 Å². The Morgan fingerprint density at radius 1 is 0.913 bits per heavy atom. The van der Waals surface area contributed by atoms with Gasteiger partial charge in [0.25, 0.3) is 0 Å². The molecular formula is C14H10N3O4PS. The van der Waals surface area contributed by atoms with E-state index in [0.29, 0.717) is 35.2 Å². The number of hydrogen-bond donors (Lipinski definition) is 0. The van der Waals surface area contributed by atoms with Gasteiger partial charge >= 0.3 is 6.64 Å². The molecule has 2 rings (SSSR count). The van der Waals surface area contributed by atoms with Gasteiger partial charge in [-0.3, -0.25) is 9.59 Å². The third-order valence-electron chi connectivity index (χ3n) is 2.62. The SMILES string of the molecule is [N-]=[N+]=NP(=S)(Oc1ccc(C=O)cc1)Oc1ccc(C=O)cc1. The second-order valence-electron chi connectivity index (χ2n) is 4.20. The lowest BCUT2D eigenvalue weighted by molar-refractivity contribution is 0.111. The number of hydrogen-bond acceptors (Lipinski definition) is 5. The van der Waals surface area contributed by atoms with E-state index in [9.17, 15) is 9.59 Å². The van der Waals surface area contributed by atoms with Crippen LogP contribution >= 0.6 is 6.64 Å². The Balaban J connectivity index is 2.22. The van der Waals surface area contributed by atoms with E-state index < -0.39 is 6.64 Å². The van der Waals surface area contributed by atoms with Gasteiger partial charge in [-0.1, -0.05) is 0 Å². The lowest BCUT2D eigenvalue weighted by Gasteiger charge is -2.18. The average molecular weight is 347 g/mol. The van der Waals surface area contributed by atoms with Crippen LogP contribution in [-0.4, -0.2) is 12.6 Å². The van der Waals surface area contributed by atoms with Crippen molar-refractivity contribution in [3.8, 4) is 11.5 Å². The molecule has 0 atom stereocenters. The minimum Gasteiger partial charge on any atom is -0.431 e. The number of aldehydes is 2. The van der Waals surface area contributed by atoms with E-state index in [0.717, 1.165) is 0 Å². The van der Waals surface area contributed by atoms with E-state index in [1.54, 1.807) is 0 Å². The first kappa shape index (κ1) is 16.7. The third-order valence-corrected chi connectivity index (χ3v) is 4.47. The van der Waals surface area contributed by atoms with E-state index in [1.165, 1.54) is 48.5 Å². The molecule has 0 aromatic heterocycles. The molecule has 0 spiro atoms. The summed E-state index contributed by atoms with van der Waals surface area (Å²) in [5, 5.41) is 0. The van der Waals surface area contributed by atoms with Gasteiger partial charge in [0.2, 0.25) is 0 Å². The largest absolute Gasteiger partial charge is 0.431 e. The summed E-state index contributed by atoms with van der Waals surface area (Å²) in [6.07, 6.45) is 1.39. The molecule has 116 valence electrons. The highest BCUT2D eigenvalue weighted by molar-refractivity contribution is 8.09. The molecular weight excluding hydrogens is 337 g/mol. The van der Waals surface area contributed by atoms with Crippen LogP contribution in [0, 0.1) is 0 Å². The Morgan fingerprint density at radius 2 is 1.30 bits per heavy atom. The van der Waals surface area contributed by atoms with Crippen molar-refractivity contribution in [2.24, 2.45) is 4.88 Å². The third kappa shape index (κ3) is 4.66. The molecule has 2 aromatic rings. The monoisotopic (exact) mass is 347 g/mol. The normalized spacial score (nSPS) is 10.3. The standard InChI is InChI=1S/C14H10N3O4PS/c15-16-17-22(23,20-13-5-1-11(9-18)2-6-13)21-14-7-3-12(10-19)4-8-14/h1-10H. The van der Waals surface area contributed by atoms with Crippen LogP contribution in [0.2, 0.25) is 0 Å². The van der Waals surface area contributed by atoms with E-state index in [2.05, 4.69) is 9.80 Å². The smallest absolute Gasteiger partial charge is 0.379 e. The van der Waals surface area contributed by atoms with Gasteiger partial charge in [-0.15, -0.1) is 0 Å². The highest BCUT2D eigenvalue weighted by Crippen LogP contribution is 2.50. The zero-order valence-electron chi connectivity index (χ0n) is 11.6. The lowest BCUT2D eigenvalue weighted by Crippen LogP contribution is -1.98. The van der Waals surface area contributed by atoms with Crippen molar-refractivity contribution in [2.45, 2.75) is 0 Å². The Kier molecular flexibility index (Phi) is 5.49. The molecule has 0 saturated carbocycles. The molecule has 0 radical (unpaired) electrons. The molecule has 0 saturated heterocycles. The maximum atomic E-state index is 10.6. The molecule has 0 unspecified atom stereocenters. The molecule has 0 bridgehead atoms. The number of benzene rings is 2. The first-order valence-corrected chi connectivity index (χ1v) is 8.84. The molecule has 0 fully saturated rings. The zero-order valence-corrected chi connectivity index (χ0v) is 13.3. The van der Waals surface area contributed by atoms with Gasteiger partial charge in [0.15, 0.2) is 0 Å². The van der Waals surface area contributed by atoms with E-state index in [1.807, 2.05) is 0 Å². The second kappa shape index (κ2) is 7.56. The molecule has 0 aliphatic rings. The summed E-state index contributed by atoms with van der Waals surface area (Å²) >= 11 is 5.19. The van der Waals surface area contributed by atoms with Crippen molar-refractivity contribution >= 4 is 31.0 Å². The number of azide groups is 1. The fraction of sp³-hybridized carbons (Fsp3) is 0. The molecule has 7 nitrogen and oxygen atoms in total. The molecule has 23 heavy (non-hydrogen) atoms. The number of carbonyl (C=O) groups is 2. The van der Waals surface area contributed by atoms with E-state index >= 15 is 0 Å². The molecule has 0 aliphatic heterocycles. The highest BCUT2D eigenvalue weighted by Gasteiger charge is 2.21. The molecule has 9 heteroatoms. The van der Waals surface area contributed by atoms with Crippen LogP contribution in [0.15, 0.2) is 53.4 Å².